The molecule has 1 aliphatic heterocycles. The van der Waals surface area contributed by atoms with Crippen LogP contribution in [0.1, 0.15) is 19.3 Å². The zero-order valence-electron chi connectivity index (χ0n) is 7.61. The Morgan fingerprint density at radius 3 is 2.45 bits per heavy atom. The van der Waals surface area contributed by atoms with Crippen LogP contribution >= 0.6 is 0 Å². The van der Waals surface area contributed by atoms with Crippen molar-refractivity contribution in [2.75, 3.05) is 0 Å². The number of nitrogens with one attached hydrogen (secondary N) is 1. The number of carbonyl (C=O) groups is 1. The Hall–Kier alpha value is -0.313. The lowest BCUT2D eigenvalue weighted by Gasteiger charge is -2.32. The highest BCUT2D eigenvalue weighted by Gasteiger charge is 2.30. The summed E-state index contributed by atoms with van der Waals surface area (Å²) in [4.78, 5) is 11.0. The van der Waals surface area contributed by atoms with Gasteiger partial charge in [0.1, 0.15) is 0 Å². The molecule has 1 heterocycles. The summed E-state index contributed by atoms with van der Waals surface area (Å²) >= 11 is 0. The molecule has 1 aliphatic rings. The first-order valence-electron chi connectivity index (χ1n) is 4.29. The molecule has 1 N–H and O–H groups in total. The fourth-order valence-corrected chi connectivity index (χ4v) is 3.12. The van der Waals surface area contributed by atoms with Gasteiger partial charge in [-0.1, -0.05) is 19.6 Å². The smallest absolute Gasteiger partial charge is 0.219 e. The average molecular weight is 171 g/mol. The predicted molar refractivity (Wildman–Crippen MR) is 49.1 cm³/mol. The molecule has 0 aromatic rings. The van der Waals surface area contributed by atoms with E-state index in [1.54, 1.807) is 0 Å². The SMILES string of the molecule is C[Si](C)(C)C1CCCC(=O)N1. The molecule has 0 radical (unpaired) electrons. The summed E-state index contributed by atoms with van der Waals surface area (Å²) in [5, 5.41) is 3.08. The first-order valence-corrected chi connectivity index (χ1v) is 7.87. The van der Waals surface area contributed by atoms with Gasteiger partial charge in [-0.15, -0.1) is 0 Å². The Morgan fingerprint density at radius 1 is 1.45 bits per heavy atom. The molecule has 1 amide bonds. The molecular weight excluding hydrogens is 154 g/mol. The summed E-state index contributed by atoms with van der Waals surface area (Å²) in [5.41, 5.74) is 0.517. The van der Waals surface area contributed by atoms with Crippen LogP contribution in [0.2, 0.25) is 19.6 Å². The van der Waals surface area contributed by atoms with Crippen LogP contribution in [0.4, 0.5) is 0 Å². The molecule has 0 bridgehead atoms. The Labute approximate surface area is 69.4 Å². The molecule has 3 heteroatoms. The summed E-state index contributed by atoms with van der Waals surface area (Å²) in [6, 6.07) is 0. The number of carbonyl (C=O) groups excluding carboxylic acids is 1. The van der Waals surface area contributed by atoms with E-state index in [0.717, 1.165) is 12.8 Å². The van der Waals surface area contributed by atoms with Gasteiger partial charge in [-0.3, -0.25) is 4.79 Å². The van der Waals surface area contributed by atoms with E-state index in [-0.39, 0.29) is 5.91 Å². The van der Waals surface area contributed by atoms with Gasteiger partial charge >= 0.3 is 0 Å². The van der Waals surface area contributed by atoms with Gasteiger partial charge in [-0.05, 0) is 12.8 Å². The molecule has 11 heavy (non-hydrogen) atoms. The van der Waals surface area contributed by atoms with E-state index in [4.69, 9.17) is 0 Å². The van der Waals surface area contributed by atoms with Gasteiger partial charge in [0.25, 0.3) is 0 Å². The third kappa shape index (κ3) is 2.33. The van der Waals surface area contributed by atoms with E-state index in [0.29, 0.717) is 5.67 Å². The largest absolute Gasteiger partial charge is 0.356 e. The Bertz CT molecular complexity index is 162. The highest BCUT2D eigenvalue weighted by atomic mass is 28.3. The van der Waals surface area contributed by atoms with Gasteiger partial charge in [-0.25, -0.2) is 0 Å². The van der Waals surface area contributed by atoms with Gasteiger partial charge in [-0.2, -0.15) is 0 Å². The van der Waals surface area contributed by atoms with Crippen molar-refractivity contribution in [1.82, 2.24) is 5.32 Å². The standard InChI is InChI=1S/C8H17NOSi/c1-11(2,3)8-6-4-5-7(10)9-8/h8H,4-6H2,1-3H3,(H,9,10). The molecule has 2 nitrogen and oxygen atoms in total. The maximum Gasteiger partial charge on any atom is 0.219 e. The van der Waals surface area contributed by atoms with Gasteiger partial charge in [0.05, 0.1) is 8.07 Å². The third-order valence-corrected chi connectivity index (χ3v) is 4.80. The van der Waals surface area contributed by atoms with E-state index >= 15 is 0 Å². The molecule has 0 saturated carbocycles. The number of hydrogen-bond donors (Lipinski definition) is 1. The van der Waals surface area contributed by atoms with E-state index in [2.05, 4.69) is 25.0 Å². The van der Waals surface area contributed by atoms with E-state index in [9.17, 15) is 4.79 Å². The Balaban J connectivity index is 2.53. The second-order valence-corrected chi connectivity index (χ2v) is 9.81. The lowest BCUT2D eigenvalue weighted by Crippen LogP contribution is -2.53. The molecule has 64 valence electrons. The highest BCUT2D eigenvalue weighted by Crippen LogP contribution is 2.17. The molecule has 0 aliphatic carbocycles. The predicted octanol–water partition coefficient (Wildman–Crippen LogP) is 1.53. The maximum atomic E-state index is 11.0. The van der Waals surface area contributed by atoms with Crippen LogP contribution in [0.25, 0.3) is 0 Å². The minimum Gasteiger partial charge on any atom is -0.356 e. The van der Waals surface area contributed by atoms with Crippen molar-refractivity contribution >= 4 is 14.0 Å². The second kappa shape index (κ2) is 2.97. The van der Waals surface area contributed by atoms with Crippen LogP contribution in [0, 0.1) is 0 Å². The number of rotatable bonds is 1. The molecule has 0 spiro atoms. The molecule has 1 unspecified atom stereocenters. The van der Waals surface area contributed by atoms with Gasteiger partial charge in [0.2, 0.25) is 5.91 Å². The summed E-state index contributed by atoms with van der Waals surface area (Å²) in [5.74, 6) is 0.253. The zero-order valence-corrected chi connectivity index (χ0v) is 8.61. The molecule has 0 aromatic carbocycles. The van der Waals surface area contributed by atoms with Gasteiger partial charge < -0.3 is 5.32 Å². The molecule has 1 fully saturated rings. The van der Waals surface area contributed by atoms with Crippen molar-refractivity contribution in [3.8, 4) is 0 Å². The van der Waals surface area contributed by atoms with Crippen molar-refractivity contribution in [3.63, 3.8) is 0 Å². The summed E-state index contributed by atoms with van der Waals surface area (Å²) in [7, 11) is -1.13. The average Bonchev–Trinajstić information content (AvgIpc) is 1.86. The highest BCUT2D eigenvalue weighted by molar-refractivity contribution is 6.77. The number of amides is 1. The molecule has 0 aromatic heterocycles. The fraction of sp³-hybridized carbons (Fsp3) is 0.875. The van der Waals surface area contributed by atoms with Crippen LogP contribution in [0.3, 0.4) is 0 Å². The maximum absolute atomic E-state index is 11.0. The van der Waals surface area contributed by atoms with E-state index < -0.39 is 8.07 Å². The normalized spacial score (nSPS) is 26.5. The van der Waals surface area contributed by atoms with Crippen LogP contribution in [-0.4, -0.2) is 19.6 Å². The minimum absolute atomic E-state index is 0.253. The van der Waals surface area contributed by atoms with Crippen LogP contribution in [-0.2, 0) is 4.79 Å². The summed E-state index contributed by atoms with van der Waals surface area (Å²) in [6.45, 7) is 6.93. The van der Waals surface area contributed by atoms with Gasteiger partial charge in [0, 0.05) is 12.1 Å². The molecule has 1 saturated heterocycles. The Kier molecular flexibility index (Phi) is 2.37. The topological polar surface area (TPSA) is 29.1 Å². The van der Waals surface area contributed by atoms with Crippen LogP contribution in [0.15, 0.2) is 0 Å². The molecule has 1 rings (SSSR count). The lowest BCUT2D eigenvalue weighted by molar-refractivity contribution is -0.122. The zero-order chi connectivity index (χ0) is 8.48. The van der Waals surface area contributed by atoms with Crippen molar-refractivity contribution < 1.29 is 4.79 Å². The number of piperidine rings is 1. The Morgan fingerprint density at radius 2 is 2.09 bits per heavy atom. The first-order chi connectivity index (χ1) is 5.00. The van der Waals surface area contributed by atoms with Crippen molar-refractivity contribution in [2.45, 2.75) is 44.6 Å². The van der Waals surface area contributed by atoms with Crippen molar-refractivity contribution in [1.29, 1.82) is 0 Å². The number of hydrogen-bond acceptors (Lipinski definition) is 1. The fourth-order valence-electron chi connectivity index (χ4n) is 1.45. The molecule has 1 atom stereocenters. The second-order valence-electron chi connectivity index (χ2n) is 4.38. The third-order valence-electron chi connectivity index (χ3n) is 2.28. The quantitative estimate of drug-likeness (QED) is 0.596. The van der Waals surface area contributed by atoms with E-state index in [1.807, 2.05) is 0 Å². The van der Waals surface area contributed by atoms with Crippen LogP contribution < -0.4 is 5.32 Å². The van der Waals surface area contributed by atoms with Gasteiger partial charge in [0.15, 0.2) is 0 Å². The van der Waals surface area contributed by atoms with Crippen molar-refractivity contribution in [2.24, 2.45) is 0 Å². The molecular formula is C8H17NOSi. The van der Waals surface area contributed by atoms with Crippen LogP contribution in [0.5, 0.6) is 0 Å². The lowest BCUT2D eigenvalue weighted by atomic mass is 10.2. The van der Waals surface area contributed by atoms with Crippen molar-refractivity contribution in [3.05, 3.63) is 0 Å². The summed E-state index contributed by atoms with van der Waals surface area (Å²) < 4.78 is 0. The summed E-state index contributed by atoms with van der Waals surface area (Å²) in [6.07, 6.45) is 3.02. The van der Waals surface area contributed by atoms with E-state index in [1.165, 1.54) is 6.42 Å². The monoisotopic (exact) mass is 171 g/mol. The first kappa shape index (κ1) is 8.78. The minimum atomic E-state index is -1.13.